The summed E-state index contributed by atoms with van der Waals surface area (Å²) in [7, 11) is 0. The zero-order valence-electron chi connectivity index (χ0n) is 10.4. The standard InChI is InChI=1S/C13H16N2O2/c1-4-13-14-12(15-17-13)8-16-11-6-5-9(2)7-10(11)3/h5-7H,4,8H2,1-3H3. The fourth-order valence-electron chi connectivity index (χ4n) is 1.60. The van der Waals surface area contributed by atoms with Gasteiger partial charge in [0.05, 0.1) is 0 Å². The van der Waals surface area contributed by atoms with Gasteiger partial charge in [-0.1, -0.05) is 29.8 Å². The quantitative estimate of drug-likeness (QED) is 0.813. The molecule has 2 aromatic rings. The van der Waals surface area contributed by atoms with Gasteiger partial charge in [-0.2, -0.15) is 4.98 Å². The average molecular weight is 232 g/mol. The first-order chi connectivity index (χ1) is 8.19. The molecule has 4 nitrogen and oxygen atoms in total. The molecule has 0 atom stereocenters. The third-order valence-electron chi connectivity index (χ3n) is 2.50. The van der Waals surface area contributed by atoms with Crippen LogP contribution in [0.1, 0.15) is 29.8 Å². The number of ether oxygens (including phenoxy) is 1. The zero-order valence-corrected chi connectivity index (χ0v) is 10.4. The molecular formula is C13H16N2O2. The van der Waals surface area contributed by atoms with Crippen LogP contribution in [0, 0.1) is 13.8 Å². The third kappa shape index (κ3) is 2.84. The van der Waals surface area contributed by atoms with Gasteiger partial charge in [-0.25, -0.2) is 0 Å². The van der Waals surface area contributed by atoms with Crippen LogP contribution in [0.25, 0.3) is 0 Å². The maximum absolute atomic E-state index is 5.65. The first kappa shape index (κ1) is 11.6. The fraction of sp³-hybridized carbons (Fsp3) is 0.385. The summed E-state index contributed by atoms with van der Waals surface area (Å²) in [6, 6.07) is 6.07. The molecule has 0 aliphatic rings. The lowest BCUT2D eigenvalue weighted by Gasteiger charge is -2.07. The van der Waals surface area contributed by atoms with Gasteiger partial charge in [0.15, 0.2) is 6.61 Å². The summed E-state index contributed by atoms with van der Waals surface area (Å²) in [4.78, 5) is 4.19. The predicted molar refractivity (Wildman–Crippen MR) is 63.9 cm³/mol. The Hall–Kier alpha value is -1.84. The van der Waals surface area contributed by atoms with Crippen LogP contribution in [0.5, 0.6) is 5.75 Å². The lowest BCUT2D eigenvalue weighted by atomic mass is 10.1. The molecule has 1 heterocycles. The maximum Gasteiger partial charge on any atom is 0.226 e. The third-order valence-corrected chi connectivity index (χ3v) is 2.50. The zero-order chi connectivity index (χ0) is 12.3. The highest BCUT2D eigenvalue weighted by Crippen LogP contribution is 2.19. The molecule has 2 rings (SSSR count). The molecule has 0 unspecified atom stereocenters. The van der Waals surface area contributed by atoms with Gasteiger partial charge in [0, 0.05) is 6.42 Å². The Bertz CT molecular complexity index is 506. The summed E-state index contributed by atoms with van der Waals surface area (Å²) >= 11 is 0. The van der Waals surface area contributed by atoms with Crippen molar-refractivity contribution in [1.82, 2.24) is 10.1 Å². The Morgan fingerprint density at radius 2 is 2.12 bits per heavy atom. The van der Waals surface area contributed by atoms with Crippen LogP contribution in [-0.2, 0) is 13.0 Å². The Balaban J connectivity index is 2.02. The van der Waals surface area contributed by atoms with Gasteiger partial charge in [0.1, 0.15) is 5.75 Å². The summed E-state index contributed by atoms with van der Waals surface area (Å²) in [5, 5.41) is 3.84. The van der Waals surface area contributed by atoms with Gasteiger partial charge < -0.3 is 9.26 Å². The van der Waals surface area contributed by atoms with E-state index in [-0.39, 0.29) is 0 Å². The minimum Gasteiger partial charge on any atom is -0.485 e. The number of hydrogen-bond acceptors (Lipinski definition) is 4. The summed E-state index contributed by atoms with van der Waals surface area (Å²) < 4.78 is 10.7. The van der Waals surface area contributed by atoms with Crippen molar-refractivity contribution in [3.63, 3.8) is 0 Å². The fourth-order valence-corrected chi connectivity index (χ4v) is 1.60. The normalized spacial score (nSPS) is 10.5. The Kier molecular flexibility index (Phi) is 3.42. The monoisotopic (exact) mass is 232 g/mol. The van der Waals surface area contributed by atoms with Gasteiger partial charge >= 0.3 is 0 Å². The van der Waals surface area contributed by atoms with Crippen molar-refractivity contribution < 1.29 is 9.26 Å². The molecule has 1 aromatic carbocycles. The topological polar surface area (TPSA) is 48.2 Å². The van der Waals surface area contributed by atoms with Crippen molar-refractivity contribution in [2.75, 3.05) is 0 Å². The lowest BCUT2D eigenvalue weighted by molar-refractivity contribution is 0.283. The van der Waals surface area contributed by atoms with E-state index in [2.05, 4.69) is 23.1 Å². The van der Waals surface area contributed by atoms with Crippen LogP contribution in [0.15, 0.2) is 22.7 Å². The highest BCUT2D eigenvalue weighted by molar-refractivity contribution is 5.35. The number of hydrogen-bond donors (Lipinski definition) is 0. The van der Waals surface area contributed by atoms with E-state index in [9.17, 15) is 0 Å². The summed E-state index contributed by atoms with van der Waals surface area (Å²) in [5.41, 5.74) is 2.34. The number of rotatable bonds is 4. The van der Waals surface area contributed by atoms with E-state index in [0.717, 1.165) is 17.7 Å². The van der Waals surface area contributed by atoms with Gasteiger partial charge in [-0.3, -0.25) is 0 Å². The Labute approximate surface area is 101 Å². The van der Waals surface area contributed by atoms with E-state index in [1.165, 1.54) is 5.56 Å². The summed E-state index contributed by atoms with van der Waals surface area (Å²) in [5.74, 6) is 2.09. The first-order valence-electron chi connectivity index (χ1n) is 5.70. The molecule has 0 aliphatic heterocycles. The second kappa shape index (κ2) is 4.99. The molecular weight excluding hydrogens is 216 g/mol. The van der Waals surface area contributed by atoms with Crippen LogP contribution in [0.3, 0.4) is 0 Å². The van der Waals surface area contributed by atoms with Crippen molar-refractivity contribution in [3.05, 3.63) is 41.0 Å². The van der Waals surface area contributed by atoms with Crippen LogP contribution >= 0.6 is 0 Å². The van der Waals surface area contributed by atoms with Crippen LogP contribution in [0.4, 0.5) is 0 Å². The second-order valence-electron chi connectivity index (χ2n) is 4.02. The van der Waals surface area contributed by atoms with Gasteiger partial charge in [0.25, 0.3) is 0 Å². The highest BCUT2D eigenvalue weighted by atomic mass is 16.5. The van der Waals surface area contributed by atoms with Crippen LogP contribution in [0.2, 0.25) is 0 Å². The molecule has 1 aromatic heterocycles. The van der Waals surface area contributed by atoms with Gasteiger partial charge in [-0.05, 0) is 25.5 Å². The van der Waals surface area contributed by atoms with E-state index < -0.39 is 0 Å². The molecule has 0 amide bonds. The lowest BCUT2D eigenvalue weighted by Crippen LogP contribution is -1.99. The van der Waals surface area contributed by atoms with Crippen molar-refractivity contribution in [3.8, 4) is 5.75 Å². The number of nitrogens with zero attached hydrogens (tertiary/aromatic N) is 2. The summed E-state index contributed by atoms with van der Waals surface area (Å²) in [6.45, 7) is 6.40. The van der Waals surface area contributed by atoms with Gasteiger partial charge in [0.2, 0.25) is 11.7 Å². The number of aromatic nitrogens is 2. The minimum atomic E-state index is 0.341. The van der Waals surface area contributed by atoms with Crippen LogP contribution < -0.4 is 4.74 Å². The molecule has 0 spiro atoms. The smallest absolute Gasteiger partial charge is 0.226 e. The first-order valence-corrected chi connectivity index (χ1v) is 5.70. The second-order valence-corrected chi connectivity index (χ2v) is 4.02. The van der Waals surface area contributed by atoms with E-state index in [0.29, 0.717) is 18.3 Å². The SMILES string of the molecule is CCc1nc(COc2ccc(C)cc2C)no1. The number of aryl methyl sites for hydroxylation is 3. The molecule has 0 N–H and O–H groups in total. The number of benzene rings is 1. The van der Waals surface area contributed by atoms with Crippen molar-refractivity contribution in [2.45, 2.75) is 33.8 Å². The maximum atomic E-state index is 5.65. The van der Waals surface area contributed by atoms with Crippen molar-refractivity contribution >= 4 is 0 Å². The molecule has 0 radical (unpaired) electrons. The van der Waals surface area contributed by atoms with Crippen molar-refractivity contribution in [2.24, 2.45) is 0 Å². The molecule has 17 heavy (non-hydrogen) atoms. The van der Waals surface area contributed by atoms with Crippen molar-refractivity contribution in [1.29, 1.82) is 0 Å². The molecule has 0 bridgehead atoms. The van der Waals surface area contributed by atoms with E-state index in [1.807, 2.05) is 26.0 Å². The van der Waals surface area contributed by atoms with E-state index in [1.54, 1.807) is 0 Å². The molecule has 4 heteroatoms. The van der Waals surface area contributed by atoms with Gasteiger partial charge in [-0.15, -0.1) is 0 Å². The molecule has 90 valence electrons. The van der Waals surface area contributed by atoms with E-state index >= 15 is 0 Å². The Morgan fingerprint density at radius 3 is 2.76 bits per heavy atom. The van der Waals surface area contributed by atoms with E-state index in [4.69, 9.17) is 9.26 Å². The average Bonchev–Trinajstić information content (AvgIpc) is 2.76. The minimum absolute atomic E-state index is 0.341. The Morgan fingerprint density at radius 1 is 1.29 bits per heavy atom. The highest BCUT2D eigenvalue weighted by Gasteiger charge is 2.06. The molecule has 0 fully saturated rings. The summed E-state index contributed by atoms with van der Waals surface area (Å²) in [6.07, 6.45) is 0.747. The molecule has 0 aliphatic carbocycles. The predicted octanol–water partition coefficient (Wildman–Crippen LogP) is 2.83. The molecule has 0 saturated carbocycles. The van der Waals surface area contributed by atoms with Crippen LogP contribution in [-0.4, -0.2) is 10.1 Å². The largest absolute Gasteiger partial charge is 0.485 e. The molecule has 0 saturated heterocycles.